The molecule has 0 aliphatic carbocycles. The Morgan fingerprint density at radius 1 is 0.952 bits per heavy atom. The molecule has 0 atom stereocenters. The van der Waals surface area contributed by atoms with Gasteiger partial charge < -0.3 is 0 Å². The van der Waals surface area contributed by atoms with E-state index < -0.39 is 38.6 Å². The fourth-order valence-corrected chi connectivity index (χ4v) is 7.90. The second-order valence-electron chi connectivity index (χ2n) is 4.72. The predicted octanol–water partition coefficient (Wildman–Crippen LogP) is 2.22. The molecular weight excluding hydrogens is 350 g/mol. The lowest BCUT2D eigenvalue weighted by Crippen LogP contribution is -2.41. The molecule has 0 aliphatic heterocycles. The third kappa shape index (κ3) is 6.38. The monoisotopic (exact) mass is 372 g/mol. The summed E-state index contributed by atoms with van der Waals surface area (Å²) in [7, 11) is -11.6. The molecule has 0 spiro atoms. The fraction of sp³-hybridized carbons (Fsp3) is 1.00. The van der Waals surface area contributed by atoms with Crippen molar-refractivity contribution in [3.8, 4) is 0 Å². The Balaban J connectivity index is 4.74. The summed E-state index contributed by atoms with van der Waals surface area (Å²) < 4.78 is 81.6. The van der Waals surface area contributed by atoms with Gasteiger partial charge in [0.15, 0.2) is 0 Å². The van der Waals surface area contributed by atoms with E-state index >= 15 is 0 Å². The molecular formula is C10H22F3NO4PS2+. The SMILES string of the molecule is CC[P+](CC)(CC)CCCS(=O)(=O)NS(=O)(=O)C(F)(F)F. The minimum atomic E-state index is -5.87. The molecule has 0 unspecified atom stereocenters. The standard InChI is InChI=1S/C10H22F3NO4PS2/c1-4-19(5-2,6-3)8-7-9-20(15,16)14-21(17,18)10(11,12)13/h14H,4-9H2,1-3H3/q+1. The van der Waals surface area contributed by atoms with Crippen LogP contribution in [0.3, 0.4) is 0 Å². The van der Waals surface area contributed by atoms with Crippen LogP contribution in [0, 0.1) is 0 Å². The predicted molar refractivity (Wildman–Crippen MR) is 79.9 cm³/mol. The van der Waals surface area contributed by atoms with Crippen molar-refractivity contribution < 1.29 is 30.0 Å². The maximum atomic E-state index is 12.1. The maximum absolute atomic E-state index is 12.1. The third-order valence-electron chi connectivity index (χ3n) is 3.60. The summed E-state index contributed by atoms with van der Waals surface area (Å²) in [5, 5.41) is 0. The van der Waals surface area contributed by atoms with Gasteiger partial charge in [0.2, 0.25) is 10.0 Å². The van der Waals surface area contributed by atoms with Crippen LogP contribution < -0.4 is 4.13 Å². The Morgan fingerprint density at radius 2 is 1.38 bits per heavy atom. The Morgan fingerprint density at radius 3 is 1.71 bits per heavy atom. The van der Waals surface area contributed by atoms with E-state index in [-0.39, 0.29) is 6.42 Å². The smallest absolute Gasteiger partial charge is 0.211 e. The highest BCUT2D eigenvalue weighted by Gasteiger charge is 2.48. The fourth-order valence-electron chi connectivity index (χ4n) is 1.99. The number of nitrogens with one attached hydrogen (secondary N) is 1. The number of hydrogen-bond acceptors (Lipinski definition) is 4. The van der Waals surface area contributed by atoms with E-state index in [0.717, 1.165) is 22.6 Å². The molecule has 0 fully saturated rings. The summed E-state index contributed by atoms with van der Waals surface area (Å²) in [5.41, 5.74) is -5.63. The molecule has 0 saturated carbocycles. The summed E-state index contributed by atoms with van der Waals surface area (Å²) >= 11 is 0. The maximum Gasteiger partial charge on any atom is 0.512 e. The van der Waals surface area contributed by atoms with Crippen molar-refractivity contribution in [1.82, 2.24) is 4.13 Å². The lowest BCUT2D eigenvalue weighted by Gasteiger charge is -2.23. The highest BCUT2D eigenvalue weighted by molar-refractivity contribution is 8.05. The van der Waals surface area contributed by atoms with Gasteiger partial charge >= 0.3 is 15.5 Å². The van der Waals surface area contributed by atoms with Gasteiger partial charge in [-0.05, 0) is 27.2 Å². The summed E-state index contributed by atoms with van der Waals surface area (Å²) in [6, 6.07) is 0. The topological polar surface area (TPSA) is 80.3 Å². The van der Waals surface area contributed by atoms with E-state index in [1.807, 2.05) is 20.8 Å². The van der Waals surface area contributed by atoms with Gasteiger partial charge in [-0.3, -0.25) is 0 Å². The van der Waals surface area contributed by atoms with Crippen molar-refractivity contribution in [2.75, 3.05) is 30.4 Å². The summed E-state index contributed by atoms with van der Waals surface area (Å²) in [6.07, 6.45) is 3.60. The summed E-state index contributed by atoms with van der Waals surface area (Å²) in [5.74, 6) is -0.621. The highest BCUT2D eigenvalue weighted by atomic mass is 32.3. The van der Waals surface area contributed by atoms with Crippen molar-refractivity contribution in [3.05, 3.63) is 0 Å². The molecule has 1 N–H and O–H groups in total. The first kappa shape index (κ1) is 21.1. The Labute approximate surface area is 125 Å². The van der Waals surface area contributed by atoms with Crippen molar-refractivity contribution in [1.29, 1.82) is 0 Å². The van der Waals surface area contributed by atoms with Gasteiger partial charge in [-0.1, -0.05) is 0 Å². The van der Waals surface area contributed by atoms with Crippen LogP contribution in [0.1, 0.15) is 27.2 Å². The summed E-state index contributed by atoms with van der Waals surface area (Å²) in [4.78, 5) is 0. The third-order valence-corrected chi connectivity index (χ3v) is 12.2. The molecule has 0 aromatic rings. The summed E-state index contributed by atoms with van der Waals surface area (Å²) in [6.45, 7) is 6.05. The average molecular weight is 372 g/mol. The quantitative estimate of drug-likeness (QED) is 0.630. The van der Waals surface area contributed by atoms with Crippen LogP contribution in [0.4, 0.5) is 13.2 Å². The first-order valence-electron chi connectivity index (χ1n) is 6.52. The van der Waals surface area contributed by atoms with Gasteiger partial charge in [-0.25, -0.2) is 16.8 Å². The second-order valence-corrected chi connectivity index (χ2v) is 13.5. The molecule has 0 rings (SSSR count). The van der Waals surface area contributed by atoms with Crippen LogP contribution >= 0.6 is 7.26 Å². The minimum absolute atomic E-state index is 0.159. The second kappa shape index (κ2) is 7.57. The molecule has 0 aliphatic rings. The number of halogens is 3. The van der Waals surface area contributed by atoms with Crippen LogP contribution in [-0.2, 0) is 20.0 Å². The van der Waals surface area contributed by atoms with E-state index in [2.05, 4.69) is 0 Å². The lowest BCUT2D eigenvalue weighted by molar-refractivity contribution is -0.0441. The van der Waals surface area contributed by atoms with Crippen LogP contribution in [0.15, 0.2) is 0 Å². The van der Waals surface area contributed by atoms with Crippen LogP contribution in [-0.4, -0.2) is 52.7 Å². The molecule has 0 aromatic carbocycles. The number of hydrogen-bond donors (Lipinski definition) is 1. The Hall–Kier alpha value is 0.0800. The molecule has 0 saturated heterocycles. The molecule has 21 heavy (non-hydrogen) atoms. The zero-order valence-corrected chi connectivity index (χ0v) is 14.8. The molecule has 0 amide bonds. The van der Waals surface area contributed by atoms with E-state index in [0.29, 0.717) is 6.16 Å². The lowest BCUT2D eigenvalue weighted by atomic mass is 10.6. The van der Waals surface area contributed by atoms with Gasteiger partial charge in [0.1, 0.15) is 0 Å². The van der Waals surface area contributed by atoms with Gasteiger partial charge in [0.05, 0.1) is 30.4 Å². The molecule has 128 valence electrons. The van der Waals surface area contributed by atoms with Gasteiger partial charge in [-0.2, -0.15) is 13.2 Å². The van der Waals surface area contributed by atoms with Crippen LogP contribution in [0.2, 0.25) is 0 Å². The number of alkyl halides is 3. The van der Waals surface area contributed by atoms with Crippen molar-refractivity contribution in [2.24, 2.45) is 0 Å². The zero-order chi connectivity index (χ0) is 16.9. The van der Waals surface area contributed by atoms with Crippen molar-refractivity contribution in [2.45, 2.75) is 32.7 Å². The number of sulfonamides is 2. The largest absolute Gasteiger partial charge is 0.512 e. The molecule has 0 radical (unpaired) electrons. The molecule has 0 bridgehead atoms. The molecule has 11 heteroatoms. The van der Waals surface area contributed by atoms with Crippen molar-refractivity contribution in [3.63, 3.8) is 0 Å². The zero-order valence-electron chi connectivity index (χ0n) is 12.3. The van der Waals surface area contributed by atoms with E-state index in [1.165, 1.54) is 0 Å². The molecule has 0 heterocycles. The van der Waals surface area contributed by atoms with Gasteiger partial charge in [-0.15, -0.1) is 4.13 Å². The highest BCUT2D eigenvalue weighted by Crippen LogP contribution is 2.58. The molecule has 5 nitrogen and oxygen atoms in total. The number of rotatable bonds is 9. The van der Waals surface area contributed by atoms with E-state index in [1.54, 1.807) is 0 Å². The normalized spacial score (nSPS) is 14.4. The Bertz CT molecular complexity index is 519. The van der Waals surface area contributed by atoms with Gasteiger partial charge in [0, 0.05) is 7.26 Å². The van der Waals surface area contributed by atoms with Crippen LogP contribution in [0.5, 0.6) is 0 Å². The first-order chi connectivity index (χ1) is 9.35. The first-order valence-corrected chi connectivity index (χ1v) is 12.2. The van der Waals surface area contributed by atoms with Crippen LogP contribution in [0.25, 0.3) is 0 Å². The van der Waals surface area contributed by atoms with E-state index in [9.17, 15) is 30.0 Å². The average Bonchev–Trinajstić information content (AvgIpc) is 2.32. The van der Waals surface area contributed by atoms with E-state index in [4.69, 9.17) is 0 Å². The Kier molecular flexibility index (Phi) is 7.60. The molecule has 0 aromatic heterocycles. The van der Waals surface area contributed by atoms with Crippen molar-refractivity contribution >= 4 is 27.3 Å². The van der Waals surface area contributed by atoms with Gasteiger partial charge in [0.25, 0.3) is 0 Å². The minimum Gasteiger partial charge on any atom is -0.211 e.